The number of aryl methyl sites for hydroxylation is 1. The molecule has 1 aliphatic rings. The van der Waals surface area contributed by atoms with Crippen LogP contribution in [-0.2, 0) is 12.6 Å². The predicted octanol–water partition coefficient (Wildman–Crippen LogP) is 5.21. The van der Waals surface area contributed by atoms with Crippen LogP contribution in [-0.4, -0.2) is 43.4 Å². The molecule has 0 spiro atoms. The lowest BCUT2D eigenvalue weighted by Crippen LogP contribution is -2.48. The topological polar surface area (TPSA) is 63.9 Å². The lowest BCUT2D eigenvalue weighted by Gasteiger charge is -2.40. The number of aromatic nitrogens is 4. The van der Waals surface area contributed by atoms with Gasteiger partial charge in [-0.2, -0.15) is 28.2 Å². The summed E-state index contributed by atoms with van der Waals surface area (Å²) in [6.07, 6.45) is 2.44. The van der Waals surface area contributed by atoms with Gasteiger partial charge < -0.3 is 4.90 Å². The van der Waals surface area contributed by atoms with E-state index in [0.29, 0.717) is 41.4 Å². The Hall–Kier alpha value is -2.94. The number of hydrogen-bond donors (Lipinski definition) is 0. The Labute approximate surface area is 194 Å². The molecule has 10 heteroatoms. The Kier molecular flexibility index (Phi) is 6.69. The van der Waals surface area contributed by atoms with Gasteiger partial charge in [0.2, 0.25) is 0 Å². The third-order valence-electron chi connectivity index (χ3n) is 6.05. The summed E-state index contributed by atoms with van der Waals surface area (Å²) in [5, 5.41) is 8.74. The first-order chi connectivity index (χ1) is 15.7. The van der Waals surface area contributed by atoms with E-state index in [-0.39, 0.29) is 17.9 Å². The lowest BCUT2D eigenvalue weighted by atomic mass is 9.87. The van der Waals surface area contributed by atoms with Gasteiger partial charge in [-0.1, -0.05) is 18.5 Å². The largest absolute Gasteiger partial charge is 0.417 e. The number of nitrogens with zero attached hydrogens (tertiary/aromatic N) is 5. The molecule has 174 valence electrons. The summed E-state index contributed by atoms with van der Waals surface area (Å²) in [7, 11) is 0. The van der Waals surface area contributed by atoms with E-state index in [0.717, 1.165) is 25.1 Å². The maximum atomic E-state index is 13.6. The van der Waals surface area contributed by atoms with Crippen LogP contribution in [0.3, 0.4) is 0 Å². The molecular weight excluding hydrogens is 455 g/mol. The number of hydrogen-bond acceptors (Lipinski definition) is 4. The second-order valence-electron chi connectivity index (χ2n) is 8.24. The maximum Gasteiger partial charge on any atom is 0.417 e. The summed E-state index contributed by atoms with van der Waals surface area (Å²) in [4.78, 5) is 20.8. The minimum atomic E-state index is -4.41. The standard InChI is InChI=1S/C23H23ClF3N5O/c1-15-3-2-12-31(20(15)9-7-18-6-4-16(14-28-18)23(25,26)27)22(33)19-8-5-17(24)13-21(19)32-29-10-11-30-32/h4-6,8,10-11,13-15,20H,2-3,7,9,12H2,1H3/t15-,20-/m1/s1. The molecule has 3 aromatic rings. The SMILES string of the molecule is C[C@@H]1CCCN(C(=O)c2ccc(Cl)cc2-n2nccn2)[C@@H]1CCc1ccc(C(F)(F)F)cn1. The minimum absolute atomic E-state index is 0.0653. The Morgan fingerprint density at radius 1 is 1.18 bits per heavy atom. The number of carbonyl (C=O) groups is 1. The first kappa shape index (κ1) is 23.2. The van der Waals surface area contributed by atoms with Gasteiger partial charge in [-0.15, -0.1) is 0 Å². The fraction of sp³-hybridized carbons (Fsp3) is 0.391. The van der Waals surface area contributed by atoms with Crippen LogP contribution < -0.4 is 0 Å². The Balaban J connectivity index is 1.55. The van der Waals surface area contributed by atoms with Crippen LogP contribution >= 0.6 is 11.6 Å². The number of likely N-dealkylation sites (tertiary alicyclic amines) is 1. The van der Waals surface area contributed by atoms with E-state index in [1.54, 1.807) is 18.2 Å². The molecule has 0 bridgehead atoms. The van der Waals surface area contributed by atoms with E-state index in [1.807, 2.05) is 4.90 Å². The van der Waals surface area contributed by atoms with E-state index < -0.39 is 11.7 Å². The monoisotopic (exact) mass is 477 g/mol. The molecule has 6 nitrogen and oxygen atoms in total. The molecule has 33 heavy (non-hydrogen) atoms. The number of piperidine rings is 1. The van der Waals surface area contributed by atoms with Gasteiger partial charge in [0.1, 0.15) is 0 Å². The number of pyridine rings is 1. The van der Waals surface area contributed by atoms with Gasteiger partial charge in [0.05, 0.1) is 29.2 Å². The smallest absolute Gasteiger partial charge is 0.335 e. The van der Waals surface area contributed by atoms with Crippen LogP contribution in [0, 0.1) is 5.92 Å². The highest BCUT2D eigenvalue weighted by Crippen LogP contribution is 2.31. The van der Waals surface area contributed by atoms with E-state index in [9.17, 15) is 18.0 Å². The number of amides is 1. The van der Waals surface area contributed by atoms with Gasteiger partial charge in [-0.05, 0) is 61.9 Å². The van der Waals surface area contributed by atoms with Crippen molar-refractivity contribution < 1.29 is 18.0 Å². The molecule has 3 heterocycles. The summed E-state index contributed by atoms with van der Waals surface area (Å²) in [6, 6.07) is 7.39. The van der Waals surface area contributed by atoms with Crippen molar-refractivity contribution >= 4 is 17.5 Å². The Morgan fingerprint density at radius 2 is 1.94 bits per heavy atom. The summed E-state index contributed by atoms with van der Waals surface area (Å²) < 4.78 is 38.4. The number of alkyl halides is 3. The number of benzene rings is 1. The van der Waals surface area contributed by atoms with E-state index in [1.165, 1.54) is 23.3 Å². The molecule has 1 aliphatic heterocycles. The molecule has 0 unspecified atom stereocenters. The second-order valence-corrected chi connectivity index (χ2v) is 8.68. The van der Waals surface area contributed by atoms with Crippen molar-refractivity contribution in [2.75, 3.05) is 6.54 Å². The van der Waals surface area contributed by atoms with E-state index >= 15 is 0 Å². The first-order valence-corrected chi connectivity index (χ1v) is 11.1. The average Bonchev–Trinajstić information content (AvgIpc) is 3.32. The molecule has 2 aromatic heterocycles. The second kappa shape index (κ2) is 9.51. The zero-order chi connectivity index (χ0) is 23.6. The predicted molar refractivity (Wildman–Crippen MR) is 117 cm³/mol. The molecule has 0 saturated carbocycles. The van der Waals surface area contributed by atoms with Crippen molar-refractivity contribution in [2.45, 2.75) is 44.8 Å². The molecule has 1 fully saturated rings. The van der Waals surface area contributed by atoms with Gasteiger partial charge in [0.25, 0.3) is 5.91 Å². The number of carbonyl (C=O) groups excluding carboxylic acids is 1. The normalized spacial score (nSPS) is 19.0. The van der Waals surface area contributed by atoms with Crippen LogP contribution in [0.1, 0.15) is 47.8 Å². The molecule has 1 saturated heterocycles. The third-order valence-corrected chi connectivity index (χ3v) is 6.28. The Bertz CT molecular complexity index is 1100. The van der Waals surface area contributed by atoms with E-state index in [2.05, 4.69) is 22.1 Å². The fourth-order valence-electron chi connectivity index (χ4n) is 4.32. The highest BCUT2D eigenvalue weighted by atomic mass is 35.5. The molecule has 0 N–H and O–H groups in total. The zero-order valence-electron chi connectivity index (χ0n) is 18.0. The molecular formula is C23H23ClF3N5O. The van der Waals surface area contributed by atoms with Crippen LogP contribution in [0.5, 0.6) is 0 Å². The molecule has 2 atom stereocenters. The summed E-state index contributed by atoms with van der Waals surface area (Å²) in [5.41, 5.74) is 0.749. The molecule has 0 radical (unpaired) electrons. The lowest BCUT2D eigenvalue weighted by molar-refractivity contribution is -0.137. The van der Waals surface area contributed by atoms with Crippen LogP contribution in [0.4, 0.5) is 13.2 Å². The molecule has 1 aromatic carbocycles. The van der Waals surface area contributed by atoms with Crippen molar-refractivity contribution in [1.82, 2.24) is 24.9 Å². The van der Waals surface area contributed by atoms with Crippen molar-refractivity contribution in [3.8, 4) is 5.69 Å². The van der Waals surface area contributed by atoms with Crippen LogP contribution in [0.2, 0.25) is 5.02 Å². The highest BCUT2D eigenvalue weighted by Gasteiger charge is 2.34. The van der Waals surface area contributed by atoms with Gasteiger partial charge in [-0.25, -0.2) is 0 Å². The first-order valence-electron chi connectivity index (χ1n) is 10.7. The number of rotatable bonds is 5. The zero-order valence-corrected chi connectivity index (χ0v) is 18.7. The van der Waals surface area contributed by atoms with Gasteiger partial charge in [-0.3, -0.25) is 9.78 Å². The summed E-state index contributed by atoms with van der Waals surface area (Å²) in [6.45, 7) is 2.70. The van der Waals surface area contributed by atoms with Crippen molar-refractivity contribution in [1.29, 1.82) is 0 Å². The van der Waals surface area contributed by atoms with Gasteiger partial charge in [0.15, 0.2) is 0 Å². The molecule has 1 amide bonds. The van der Waals surface area contributed by atoms with Crippen molar-refractivity contribution in [3.63, 3.8) is 0 Å². The van der Waals surface area contributed by atoms with E-state index in [4.69, 9.17) is 11.6 Å². The van der Waals surface area contributed by atoms with Gasteiger partial charge >= 0.3 is 6.18 Å². The maximum absolute atomic E-state index is 13.6. The molecule has 0 aliphatic carbocycles. The van der Waals surface area contributed by atoms with Crippen molar-refractivity contribution in [3.05, 3.63) is 70.8 Å². The quantitative estimate of drug-likeness (QED) is 0.506. The third kappa shape index (κ3) is 5.19. The number of halogens is 4. The van der Waals surface area contributed by atoms with Crippen LogP contribution in [0.25, 0.3) is 5.69 Å². The Morgan fingerprint density at radius 3 is 2.61 bits per heavy atom. The average molecular weight is 478 g/mol. The fourth-order valence-corrected chi connectivity index (χ4v) is 4.49. The molecule has 4 rings (SSSR count). The van der Waals surface area contributed by atoms with Crippen LogP contribution in [0.15, 0.2) is 48.9 Å². The highest BCUT2D eigenvalue weighted by molar-refractivity contribution is 6.31. The summed E-state index contributed by atoms with van der Waals surface area (Å²) in [5.74, 6) is 0.103. The van der Waals surface area contributed by atoms with Gasteiger partial charge in [0, 0.05) is 29.5 Å². The van der Waals surface area contributed by atoms with Crippen molar-refractivity contribution in [2.24, 2.45) is 5.92 Å². The summed E-state index contributed by atoms with van der Waals surface area (Å²) >= 11 is 6.16. The minimum Gasteiger partial charge on any atom is -0.335 e.